The first-order valence-corrected chi connectivity index (χ1v) is 9.59. The maximum absolute atomic E-state index is 12.3. The van der Waals surface area contributed by atoms with Crippen LogP contribution in [0.5, 0.6) is 0 Å². The third kappa shape index (κ3) is 4.16. The number of nitrogens with zero attached hydrogens (tertiary/aromatic N) is 2. The minimum Gasteiger partial charge on any atom is -0.481 e. The molecule has 0 radical (unpaired) electrons. The molecule has 2 atom stereocenters. The van der Waals surface area contributed by atoms with Crippen LogP contribution < -0.4 is 5.32 Å². The SMILES string of the molecule is CC1CC(C(=O)O)CN(C(=O)NCCCCN2C(=O)c3ccccc3C2=O)C1. The van der Waals surface area contributed by atoms with E-state index in [0.717, 1.165) is 0 Å². The number of imide groups is 1. The zero-order valence-electron chi connectivity index (χ0n) is 15.9. The number of aliphatic carboxylic acids is 1. The van der Waals surface area contributed by atoms with Gasteiger partial charge in [-0.3, -0.25) is 19.3 Å². The number of carbonyl (C=O) groups excluding carboxylic acids is 3. The number of nitrogens with one attached hydrogen (secondary N) is 1. The maximum atomic E-state index is 12.3. The molecular weight excluding hydrogens is 362 g/mol. The normalized spacial score (nSPS) is 21.6. The molecule has 2 aliphatic heterocycles. The van der Waals surface area contributed by atoms with E-state index in [2.05, 4.69) is 5.32 Å². The van der Waals surface area contributed by atoms with E-state index in [4.69, 9.17) is 0 Å². The van der Waals surface area contributed by atoms with Crippen LogP contribution in [-0.2, 0) is 4.79 Å². The van der Waals surface area contributed by atoms with Gasteiger partial charge in [0.25, 0.3) is 11.8 Å². The van der Waals surface area contributed by atoms with Gasteiger partial charge in [-0.2, -0.15) is 0 Å². The molecule has 1 aromatic carbocycles. The molecule has 2 unspecified atom stereocenters. The number of benzene rings is 1. The van der Waals surface area contributed by atoms with E-state index < -0.39 is 11.9 Å². The average Bonchev–Trinajstić information content (AvgIpc) is 2.92. The van der Waals surface area contributed by atoms with Gasteiger partial charge in [0.05, 0.1) is 17.0 Å². The van der Waals surface area contributed by atoms with Crippen LogP contribution >= 0.6 is 0 Å². The van der Waals surface area contributed by atoms with Crippen molar-refractivity contribution in [3.8, 4) is 0 Å². The van der Waals surface area contributed by atoms with Gasteiger partial charge in [0.2, 0.25) is 0 Å². The number of carboxylic acids is 1. The van der Waals surface area contributed by atoms with E-state index in [-0.39, 0.29) is 30.3 Å². The van der Waals surface area contributed by atoms with Crippen molar-refractivity contribution in [3.63, 3.8) is 0 Å². The van der Waals surface area contributed by atoms with Crippen molar-refractivity contribution < 1.29 is 24.3 Å². The number of fused-ring (bicyclic) bond motifs is 1. The second kappa shape index (κ2) is 8.41. The van der Waals surface area contributed by atoms with Crippen LogP contribution in [0.15, 0.2) is 24.3 Å². The number of piperidine rings is 1. The zero-order valence-corrected chi connectivity index (χ0v) is 15.9. The standard InChI is InChI=1S/C20H25N3O5/c1-13-10-14(19(26)27)12-22(11-13)20(28)21-8-4-5-9-23-17(24)15-6-2-3-7-16(15)18(23)25/h2-3,6-7,13-14H,4-5,8-12H2,1H3,(H,21,28)(H,26,27). The van der Waals surface area contributed by atoms with E-state index in [1.54, 1.807) is 29.2 Å². The van der Waals surface area contributed by atoms with Crippen molar-refractivity contribution in [3.05, 3.63) is 35.4 Å². The van der Waals surface area contributed by atoms with Crippen molar-refractivity contribution in [2.24, 2.45) is 11.8 Å². The van der Waals surface area contributed by atoms with Gasteiger partial charge in [0, 0.05) is 26.2 Å². The predicted octanol–water partition coefficient (Wildman–Crippen LogP) is 1.81. The van der Waals surface area contributed by atoms with Crippen LogP contribution in [0, 0.1) is 11.8 Å². The van der Waals surface area contributed by atoms with Crippen LogP contribution in [0.4, 0.5) is 4.79 Å². The number of unbranched alkanes of at least 4 members (excludes halogenated alkanes) is 1. The number of carbonyl (C=O) groups is 4. The summed E-state index contributed by atoms with van der Waals surface area (Å²) in [5, 5.41) is 12.0. The van der Waals surface area contributed by atoms with E-state index in [1.807, 2.05) is 6.92 Å². The molecule has 2 aliphatic rings. The second-order valence-corrected chi connectivity index (χ2v) is 7.53. The van der Waals surface area contributed by atoms with E-state index in [1.165, 1.54) is 4.90 Å². The molecular formula is C20H25N3O5. The van der Waals surface area contributed by atoms with Crippen molar-refractivity contribution in [2.45, 2.75) is 26.2 Å². The Labute approximate surface area is 163 Å². The number of rotatable bonds is 6. The third-order valence-corrected chi connectivity index (χ3v) is 5.26. The summed E-state index contributed by atoms with van der Waals surface area (Å²) >= 11 is 0. The summed E-state index contributed by atoms with van der Waals surface area (Å²) in [4.78, 5) is 50.9. The molecule has 28 heavy (non-hydrogen) atoms. The molecule has 0 bridgehead atoms. The number of likely N-dealkylation sites (tertiary alicyclic amines) is 1. The van der Waals surface area contributed by atoms with Crippen molar-refractivity contribution >= 4 is 23.8 Å². The van der Waals surface area contributed by atoms with Crippen LogP contribution in [0.25, 0.3) is 0 Å². The zero-order chi connectivity index (χ0) is 20.3. The number of carboxylic acid groups (broad SMARTS) is 1. The first kappa shape index (κ1) is 19.9. The smallest absolute Gasteiger partial charge is 0.317 e. The molecule has 1 fully saturated rings. The molecule has 8 nitrogen and oxygen atoms in total. The molecule has 1 aromatic rings. The summed E-state index contributed by atoms with van der Waals surface area (Å²) in [6.45, 7) is 3.43. The lowest BCUT2D eigenvalue weighted by Gasteiger charge is -2.34. The van der Waals surface area contributed by atoms with Gasteiger partial charge in [0.15, 0.2) is 0 Å². The Kier molecular flexibility index (Phi) is 5.96. The summed E-state index contributed by atoms with van der Waals surface area (Å²) < 4.78 is 0. The van der Waals surface area contributed by atoms with Gasteiger partial charge < -0.3 is 15.3 Å². The monoisotopic (exact) mass is 387 g/mol. The Hall–Kier alpha value is -2.90. The van der Waals surface area contributed by atoms with Gasteiger partial charge in [0.1, 0.15) is 0 Å². The quantitative estimate of drug-likeness (QED) is 0.572. The highest BCUT2D eigenvalue weighted by Gasteiger charge is 2.34. The minimum atomic E-state index is -0.870. The van der Waals surface area contributed by atoms with Gasteiger partial charge >= 0.3 is 12.0 Å². The average molecular weight is 387 g/mol. The van der Waals surface area contributed by atoms with Crippen LogP contribution in [0.3, 0.4) is 0 Å². The Morgan fingerprint density at radius 2 is 1.75 bits per heavy atom. The number of urea groups is 1. The summed E-state index contributed by atoms with van der Waals surface area (Å²) in [6, 6.07) is 6.51. The fourth-order valence-corrected chi connectivity index (χ4v) is 3.84. The molecule has 1 saturated heterocycles. The third-order valence-electron chi connectivity index (χ3n) is 5.26. The molecule has 2 heterocycles. The molecule has 0 saturated carbocycles. The van der Waals surface area contributed by atoms with Crippen LogP contribution in [-0.4, -0.2) is 64.9 Å². The first-order chi connectivity index (χ1) is 13.4. The summed E-state index contributed by atoms with van der Waals surface area (Å²) in [5.41, 5.74) is 0.876. The summed E-state index contributed by atoms with van der Waals surface area (Å²) in [7, 11) is 0. The van der Waals surface area contributed by atoms with E-state index in [0.29, 0.717) is 50.0 Å². The molecule has 0 spiro atoms. The van der Waals surface area contributed by atoms with E-state index in [9.17, 15) is 24.3 Å². The van der Waals surface area contributed by atoms with Gasteiger partial charge in [-0.05, 0) is 37.3 Å². The van der Waals surface area contributed by atoms with Crippen LogP contribution in [0.2, 0.25) is 0 Å². The lowest BCUT2D eigenvalue weighted by atomic mass is 9.91. The Morgan fingerprint density at radius 3 is 2.36 bits per heavy atom. The first-order valence-electron chi connectivity index (χ1n) is 9.59. The lowest BCUT2D eigenvalue weighted by Crippen LogP contribution is -2.49. The topological polar surface area (TPSA) is 107 Å². The molecule has 0 aliphatic carbocycles. The molecule has 3 rings (SSSR count). The maximum Gasteiger partial charge on any atom is 0.317 e. The van der Waals surface area contributed by atoms with Gasteiger partial charge in [-0.1, -0.05) is 19.1 Å². The highest BCUT2D eigenvalue weighted by Crippen LogP contribution is 2.23. The molecule has 4 amide bonds. The molecule has 8 heteroatoms. The highest BCUT2D eigenvalue weighted by atomic mass is 16.4. The number of amides is 4. The Bertz CT molecular complexity index is 759. The number of hydrogen-bond acceptors (Lipinski definition) is 4. The summed E-state index contributed by atoms with van der Waals surface area (Å²) in [6.07, 6.45) is 1.78. The van der Waals surface area contributed by atoms with E-state index >= 15 is 0 Å². The Morgan fingerprint density at radius 1 is 1.11 bits per heavy atom. The van der Waals surface area contributed by atoms with Crippen molar-refractivity contribution in [1.82, 2.24) is 15.1 Å². The summed E-state index contributed by atoms with van der Waals surface area (Å²) in [5.74, 6) is -1.79. The molecule has 2 N–H and O–H groups in total. The van der Waals surface area contributed by atoms with Crippen molar-refractivity contribution in [2.75, 3.05) is 26.2 Å². The fraction of sp³-hybridized carbons (Fsp3) is 0.500. The predicted molar refractivity (Wildman–Crippen MR) is 101 cm³/mol. The van der Waals surface area contributed by atoms with Crippen LogP contribution in [0.1, 0.15) is 46.9 Å². The van der Waals surface area contributed by atoms with Gasteiger partial charge in [-0.25, -0.2) is 4.79 Å². The lowest BCUT2D eigenvalue weighted by molar-refractivity contribution is -0.143. The second-order valence-electron chi connectivity index (χ2n) is 7.53. The number of hydrogen-bond donors (Lipinski definition) is 2. The minimum absolute atomic E-state index is 0.148. The highest BCUT2D eigenvalue weighted by molar-refractivity contribution is 6.21. The Balaban J connectivity index is 1.41. The molecule has 0 aromatic heterocycles. The van der Waals surface area contributed by atoms with Gasteiger partial charge in [-0.15, -0.1) is 0 Å². The van der Waals surface area contributed by atoms with Crippen molar-refractivity contribution in [1.29, 1.82) is 0 Å². The fourth-order valence-electron chi connectivity index (χ4n) is 3.84. The molecule has 150 valence electrons. The largest absolute Gasteiger partial charge is 0.481 e.